The minimum Gasteiger partial charge on any atom is -0.369 e. The molecule has 0 unspecified atom stereocenters. The molecular weight excluding hydrogens is 434 g/mol. The standard InChI is InChI=1S/C29H29N5O/c1-33-26-5-3-2-4-21(26)17-29(28(33)35)18-24(29)20-8-11-23-25(16-20)31-32-27(23)19-6-9-22(10-7-19)34-14-12-30-13-15-34/h2-11,16,24,30H,12-15,17-18H2,1H3,(H,31,32)/t24-,29+/m0/s1. The Morgan fingerprint density at radius 2 is 1.80 bits per heavy atom. The highest BCUT2D eigenvalue weighted by atomic mass is 16.2. The largest absolute Gasteiger partial charge is 0.369 e. The zero-order chi connectivity index (χ0) is 23.6. The fraction of sp³-hybridized carbons (Fsp3) is 0.310. The number of rotatable bonds is 3. The van der Waals surface area contributed by atoms with Gasteiger partial charge in [-0.2, -0.15) is 5.10 Å². The third kappa shape index (κ3) is 3.20. The molecule has 1 amide bonds. The van der Waals surface area contributed by atoms with Gasteiger partial charge in [-0.05, 0) is 54.2 Å². The number of nitrogens with one attached hydrogen (secondary N) is 2. The number of carbonyl (C=O) groups is 1. The van der Waals surface area contributed by atoms with Crippen molar-refractivity contribution in [2.75, 3.05) is 43.0 Å². The van der Waals surface area contributed by atoms with Crippen LogP contribution in [0, 0.1) is 5.41 Å². The maximum Gasteiger partial charge on any atom is 0.233 e. The van der Waals surface area contributed by atoms with E-state index in [9.17, 15) is 4.79 Å². The molecule has 3 heterocycles. The van der Waals surface area contributed by atoms with Gasteiger partial charge < -0.3 is 15.1 Å². The van der Waals surface area contributed by atoms with Gasteiger partial charge in [-0.15, -0.1) is 0 Å². The van der Waals surface area contributed by atoms with Gasteiger partial charge in [0, 0.05) is 55.6 Å². The molecule has 7 rings (SSSR count). The number of para-hydroxylation sites is 1. The van der Waals surface area contributed by atoms with Crippen molar-refractivity contribution in [2.24, 2.45) is 5.41 Å². The molecule has 2 fully saturated rings. The topological polar surface area (TPSA) is 64.3 Å². The highest BCUT2D eigenvalue weighted by Crippen LogP contribution is 2.64. The van der Waals surface area contributed by atoms with Crippen LogP contribution in [0.5, 0.6) is 0 Å². The third-order valence-corrected chi connectivity index (χ3v) is 8.28. The quantitative estimate of drug-likeness (QED) is 0.475. The highest BCUT2D eigenvalue weighted by molar-refractivity contribution is 6.03. The van der Waals surface area contributed by atoms with E-state index in [4.69, 9.17) is 0 Å². The Hall–Kier alpha value is -3.64. The second-order valence-corrected chi connectivity index (χ2v) is 10.2. The molecule has 2 aliphatic heterocycles. The fourth-order valence-electron chi connectivity index (χ4n) is 6.25. The number of H-pyrrole nitrogens is 1. The van der Waals surface area contributed by atoms with Crippen LogP contribution in [0.25, 0.3) is 22.2 Å². The Labute approximate surface area is 204 Å². The van der Waals surface area contributed by atoms with E-state index in [1.54, 1.807) is 0 Å². The zero-order valence-electron chi connectivity index (χ0n) is 19.9. The first-order valence-corrected chi connectivity index (χ1v) is 12.5. The molecule has 0 bridgehead atoms. The van der Waals surface area contributed by atoms with Gasteiger partial charge in [-0.25, -0.2) is 0 Å². The Kier molecular flexibility index (Phi) is 4.55. The van der Waals surface area contributed by atoms with Crippen LogP contribution in [0.15, 0.2) is 66.7 Å². The number of piperazine rings is 1. The number of benzene rings is 3. The van der Waals surface area contributed by atoms with Crippen molar-refractivity contribution in [1.82, 2.24) is 15.5 Å². The molecule has 1 spiro atoms. The summed E-state index contributed by atoms with van der Waals surface area (Å²) in [6.45, 7) is 4.15. The summed E-state index contributed by atoms with van der Waals surface area (Å²) < 4.78 is 0. The summed E-state index contributed by atoms with van der Waals surface area (Å²) in [5.74, 6) is 0.497. The minimum atomic E-state index is -0.306. The van der Waals surface area contributed by atoms with Gasteiger partial charge in [0.05, 0.1) is 16.6 Å². The summed E-state index contributed by atoms with van der Waals surface area (Å²) in [7, 11) is 1.91. The number of anilines is 2. The van der Waals surface area contributed by atoms with Gasteiger partial charge in [-0.1, -0.05) is 42.5 Å². The Morgan fingerprint density at radius 3 is 2.63 bits per heavy atom. The SMILES string of the molecule is CN1C(=O)[C@]2(Cc3ccccc31)C[C@H]2c1ccc2c(-c3ccc(N4CCNCC4)cc3)n[nH]c2c1. The molecule has 1 saturated heterocycles. The van der Waals surface area contributed by atoms with Crippen LogP contribution in [0.2, 0.25) is 0 Å². The van der Waals surface area contributed by atoms with E-state index in [1.807, 2.05) is 24.1 Å². The molecule has 35 heavy (non-hydrogen) atoms. The van der Waals surface area contributed by atoms with Crippen LogP contribution in [0.4, 0.5) is 11.4 Å². The van der Waals surface area contributed by atoms with Crippen molar-refractivity contribution in [3.63, 3.8) is 0 Å². The molecule has 0 radical (unpaired) electrons. The molecule has 176 valence electrons. The van der Waals surface area contributed by atoms with Crippen LogP contribution >= 0.6 is 0 Å². The summed E-state index contributed by atoms with van der Waals surface area (Å²) in [5, 5.41) is 12.4. The van der Waals surface area contributed by atoms with Crippen molar-refractivity contribution < 1.29 is 4.79 Å². The maximum atomic E-state index is 13.3. The van der Waals surface area contributed by atoms with Crippen molar-refractivity contribution in [2.45, 2.75) is 18.8 Å². The smallest absolute Gasteiger partial charge is 0.233 e. The van der Waals surface area contributed by atoms with E-state index in [2.05, 4.69) is 75.0 Å². The number of hydrogen-bond donors (Lipinski definition) is 2. The maximum absolute atomic E-state index is 13.3. The van der Waals surface area contributed by atoms with Gasteiger partial charge in [0.2, 0.25) is 5.91 Å². The number of aromatic amines is 1. The molecular formula is C29H29N5O. The molecule has 2 atom stereocenters. The summed E-state index contributed by atoms with van der Waals surface area (Å²) in [5.41, 5.74) is 7.62. The number of fused-ring (bicyclic) bond motifs is 2. The van der Waals surface area contributed by atoms with Crippen LogP contribution < -0.4 is 15.1 Å². The lowest BCUT2D eigenvalue weighted by Gasteiger charge is -2.32. The van der Waals surface area contributed by atoms with Crippen LogP contribution in [0.1, 0.15) is 23.5 Å². The van der Waals surface area contributed by atoms with Gasteiger partial charge in [0.25, 0.3) is 0 Å². The highest BCUT2D eigenvalue weighted by Gasteiger charge is 2.63. The second kappa shape index (κ2) is 7.68. The lowest BCUT2D eigenvalue weighted by atomic mass is 9.85. The normalized spacial score (nSPS) is 23.7. The Bertz CT molecular complexity index is 1440. The first-order valence-electron chi connectivity index (χ1n) is 12.5. The summed E-state index contributed by atoms with van der Waals surface area (Å²) in [4.78, 5) is 17.6. The Balaban J connectivity index is 1.16. The van der Waals surface area contributed by atoms with Crippen LogP contribution in [0.3, 0.4) is 0 Å². The van der Waals surface area contributed by atoms with Gasteiger partial charge >= 0.3 is 0 Å². The van der Waals surface area contributed by atoms with Gasteiger partial charge in [0.1, 0.15) is 0 Å². The fourth-order valence-corrected chi connectivity index (χ4v) is 6.25. The molecule has 6 heteroatoms. The van der Waals surface area contributed by atoms with Crippen LogP contribution in [-0.4, -0.2) is 49.3 Å². The number of carbonyl (C=O) groups excluding carboxylic acids is 1. The van der Waals surface area contributed by atoms with E-state index < -0.39 is 0 Å². The first kappa shape index (κ1) is 20.7. The lowest BCUT2D eigenvalue weighted by molar-refractivity contribution is -0.124. The minimum absolute atomic E-state index is 0.246. The van der Waals surface area contributed by atoms with E-state index >= 15 is 0 Å². The van der Waals surface area contributed by atoms with Crippen molar-refractivity contribution >= 4 is 28.2 Å². The van der Waals surface area contributed by atoms with Crippen molar-refractivity contribution in [1.29, 1.82) is 0 Å². The zero-order valence-corrected chi connectivity index (χ0v) is 19.9. The molecule has 6 nitrogen and oxygen atoms in total. The predicted octanol–water partition coefficient (Wildman–Crippen LogP) is 4.33. The van der Waals surface area contributed by atoms with E-state index in [-0.39, 0.29) is 17.2 Å². The summed E-state index contributed by atoms with van der Waals surface area (Å²) in [6, 6.07) is 23.6. The Morgan fingerprint density at radius 1 is 1.00 bits per heavy atom. The van der Waals surface area contributed by atoms with Crippen molar-refractivity contribution in [3.8, 4) is 11.3 Å². The van der Waals surface area contributed by atoms with Crippen molar-refractivity contribution in [3.05, 3.63) is 77.9 Å². The number of amides is 1. The second-order valence-electron chi connectivity index (χ2n) is 10.2. The molecule has 1 aliphatic carbocycles. The molecule has 2 N–H and O–H groups in total. The molecule has 3 aromatic carbocycles. The molecule has 4 aromatic rings. The summed E-state index contributed by atoms with van der Waals surface area (Å²) in [6.07, 6.45) is 1.73. The lowest BCUT2D eigenvalue weighted by Crippen LogP contribution is -2.43. The van der Waals surface area contributed by atoms with E-state index in [0.29, 0.717) is 0 Å². The van der Waals surface area contributed by atoms with E-state index in [0.717, 1.165) is 66.9 Å². The van der Waals surface area contributed by atoms with Gasteiger partial charge in [-0.3, -0.25) is 9.89 Å². The van der Waals surface area contributed by atoms with E-state index in [1.165, 1.54) is 16.8 Å². The molecule has 3 aliphatic rings. The molecule has 1 aromatic heterocycles. The average Bonchev–Trinajstić information content (AvgIpc) is 3.47. The predicted molar refractivity (Wildman–Crippen MR) is 140 cm³/mol. The number of nitrogens with zero attached hydrogens (tertiary/aromatic N) is 3. The number of hydrogen-bond acceptors (Lipinski definition) is 4. The van der Waals surface area contributed by atoms with Crippen LogP contribution in [-0.2, 0) is 11.2 Å². The first-order chi connectivity index (χ1) is 17.1. The summed E-state index contributed by atoms with van der Waals surface area (Å²) >= 11 is 0. The third-order valence-electron chi connectivity index (χ3n) is 8.28. The van der Waals surface area contributed by atoms with Gasteiger partial charge in [0.15, 0.2) is 0 Å². The average molecular weight is 464 g/mol. The number of aromatic nitrogens is 2. The monoisotopic (exact) mass is 463 g/mol. The molecule has 1 saturated carbocycles.